The summed E-state index contributed by atoms with van der Waals surface area (Å²) in [4.78, 5) is 4.80. The zero-order valence-corrected chi connectivity index (χ0v) is 15.1. The van der Waals surface area contributed by atoms with Gasteiger partial charge in [0, 0.05) is 29.1 Å². The van der Waals surface area contributed by atoms with Crippen LogP contribution in [-0.4, -0.2) is 27.5 Å². The largest absolute Gasteiger partial charge is 0.391 e. The Kier molecular flexibility index (Phi) is 5.46. The minimum atomic E-state index is 0.160. The first-order valence-corrected chi connectivity index (χ1v) is 8.95. The lowest BCUT2D eigenvalue weighted by Gasteiger charge is -2.15. The van der Waals surface area contributed by atoms with E-state index in [4.69, 9.17) is 4.98 Å². The van der Waals surface area contributed by atoms with Crippen molar-refractivity contribution in [1.29, 1.82) is 0 Å². The maximum Gasteiger partial charge on any atom is 0.182 e. The van der Waals surface area contributed by atoms with Crippen LogP contribution in [0.1, 0.15) is 6.92 Å². The average Bonchev–Trinajstić information content (AvgIpc) is 2.68. The molecule has 0 saturated carbocycles. The molecule has 1 N–H and O–H groups in total. The molecule has 1 unspecified atom stereocenters. The Hall–Kier alpha value is -2.66. The van der Waals surface area contributed by atoms with Gasteiger partial charge in [0.15, 0.2) is 5.82 Å². The Morgan fingerprint density at radius 2 is 1.56 bits per heavy atom. The van der Waals surface area contributed by atoms with Crippen molar-refractivity contribution in [1.82, 2.24) is 20.5 Å². The van der Waals surface area contributed by atoms with Gasteiger partial charge >= 0.3 is 0 Å². The van der Waals surface area contributed by atoms with E-state index in [0.717, 1.165) is 27.5 Å². The maximum absolute atomic E-state index is 4.80. The molecule has 4 nitrogen and oxygen atoms in total. The second-order valence-electron chi connectivity index (χ2n) is 5.56. The van der Waals surface area contributed by atoms with Gasteiger partial charge in [0.2, 0.25) is 0 Å². The molecule has 0 spiro atoms. The standard InChI is InChI=1S/C20H20N4S/c1-14(21-3)15(2)25-20-18(16-10-6-4-7-11-16)23-24-19(22-20)17-12-8-5-9-13-17/h4-13,15,21H,1H2,2-3H3. The van der Waals surface area contributed by atoms with Crippen molar-refractivity contribution in [2.24, 2.45) is 0 Å². The van der Waals surface area contributed by atoms with E-state index in [9.17, 15) is 0 Å². The Labute approximate surface area is 152 Å². The summed E-state index contributed by atoms with van der Waals surface area (Å²) in [5.41, 5.74) is 3.70. The van der Waals surface area contributed by atoms with E-state index in [2.05, 4.69) is 29.0 Å². The lowest BCUT2D eigenvalue weighted by atomic mass is 10.2. The fourth-order valence-electron chi connectivity index (χ4n) is 2.32. The van der Waals surface area contributed by atoms with Crippen LogP contribution < -0.4 is 5.32 Å². The number of nitrogens with zero attached hydrogens (tertiary/aromatic N) is 3. The molecular weight excluding hydrogens is 328 g/mol. The van der Waals surface area contributed by atoms with Crippen molar-refractivity contribution < 1.29 is 0 Å². The highest BCUT2D eigenvalue weighted by Crippen LogP contribution is 2.33. The lowest BCUT2D eigenvalue weighted by molar-refractivity contribution is 0.900. The average molecular weight is 348 g/mol. The van der Waals surface area contributed by atoms with E-state index < -0.39 is 0 Å². The number of aromatic nitrogens is 3. The fourth-order valence-corrected chi connectivity index (χ4v) is 3.33. The van der Waals surface area contributed by atoms with Gasteiger partial charge in [0.05, 0.1) is 0 Å². The molecule has 0 radical (unpaired) electrons. The van der Waals surface area contributed by atoms with Gasteiger partial charge in [-0.2, -0.15) is 0 Å². The number of hydrogen-bond donors (Lipinski definition) is 1. The highest BCUT2D eigenvalue weighted by Gasteiger charge is 2.17. The third kappa shape index (κ3) is 4.06. The van der Waals surface area contributed by atoms with Crippen LogP contribution in [0.2, 0.25) is 0 Å². The van der Waals surface area contributed by atoms with Crippen LogP contribution in [0.4, 0.5) is 0 Å². The summed E-state index contributed by atoms with van der Waals surface area (Å²) in [6, 6.07) is 19.9. The third-order valence-electron chi connectivity index (χ3n) is 3.83. The number of hydrogen-bond acceptors (Lipinski definition) is 5. The smallest absolute Gasteiger partial charge is 0.182 e. The lowest BCUT2D eigenvalue weighted by Crippen LogP contribution is -2.14. The molecular formula is C20H20N4S. The van der Waals surface area contributed by atoms with E-state index in [1.54, 1.807) is 11.8 Å². The van der Waals surface area contributed by atoms with Crippen LogP contribution in [0.25, 0.3) is 22.6 Å². The Bertz CT molecular complexity index is 850. The predicted molar refractivity (Wildman–Crippen MR) is 104 cm³/mol. The summed E-state index contributed by atoms with van der Waals surface area (Å²) >= 11 is 1.63. The van der Waals surface area contributed by atoms with Crippen LogP contribution in [0.5, 0.6) is 0 Å². The third-order valence-corrected chi connectivity index (χ3v) is 4.98. The summed E-state index contributed by atoms with van der Waals surface area (Å²) in [6.45, 7) is 6.16. The predicted octanol–water partition coefficient (Wildman–Crippen LogP) is 4.42. The van der Waals surface area contributed by atoms with Crippen LogP contribution in [0, 0.1) is 0 Å². The number of thioether (sulfide) groups is 1. The first-order chi connectivity index (χ1) is 12.2. The van der Waals surface area contributed by atoms with Crippen molar-refractivity contribution in [3.05, 3.63) is 72.9 Å². The van der Waals surface area contributed by atoms with Gasteiger partial charge in [-0.25, -0.2) is 4.98 Å². The monoisotopic (exact) mass is 348 g/mol. The molecule has 0 amide bonds. The Balaban J connectivity index is 2.04. The van der Waals surface area contributed by atoms with Crippen molar-refractivity contribution in [2.45, 2.75) is 17.2 Å². The molecule has 1 aromatic heterocycles. The summed E-state index contributed by atoms with van der Waals surface area (Å²) in [5, 5.41) is 12.9. The van der Waals surface area contributed by atoms with Gasteiger partial charge in [-0.15, -0.1) is 10.2 Å². The van der Waals surface area contributed by atoms with Crippen LogP contribution in [-0.2, 0) is 0 Å². The van der Waals surface area contributed by atoms with Gasteiger partial charge in [-0.3, -0.25) is 0 Å². The second-order valence-corrected chi connectivity index (χ2v) is 6.89. The van der Waals surface area contributed by atoms with Gasteiger partial charge in [0.1, 0.15) is 10.7 Å². The quantitative estimate of drug-likeness (QED) is 0.668. The molecule has 3 rings (SSSR count). The molecule has 0 aliphatic heterocycles. The minimum absolute atomic E-state index is 0.160. The molecule has 0 fully saturated rings. The van der Waals surface area contributed by atoms with Crippen molar-refractivity contribution >= 4 is 11.8 Å². The number of benzene rings is 2. The van der Waals surface area contributed by atoms with E-state index >= 15 is 0 Å². The van der Waals surface area contributed by atoms with Crippen molar-refractivity contribution in [3.8, 4) is 22.6 Å². The summed E-state index contributed by atoms with van der Waals surface area (Å²) < 4.78 is 0. The molecule has 2 aromatic carbocycles. The summed E-state index contributed by atoms with van der Waals surface area (Å²) in [7, 11) is 1.88. The van der Waals surface area contributed by atoms with Crippen molar-refractivity contribution in [3.63, 3.8) is 0 Å². The minimum Gasteiger partial charge on any atom is -0.391 e. The summed E-state index contributed by atoms with van der Waals surface area (Å²) in [6.07, 6.45) is 0. The Morgan fingerprint density at radius 1 is 0.960 bits per heavy atom. The van der Waals surface area contributed by atoms with E-state index in [1.165, 1.54) is 0 Å². The maximum atomic E-state index is 4.80. The SMILES string of the molecule is C=C(NC)C(C)Sc1nc(-c2ccccc2)nnc1-c1ccccc1. The van der Waals surface area contributed by atoms with E-state index in [-0.39, 0.29) is 5.25 Å². The summed E-state index contributed by atoms with van der Waals surface area (Å²) in [5.74, 6) is 0.630. The van der Waals surface area contributed by atoms with Gasteiger partial charge in [-0.05, 0) is 6.92 Å². The molecule has 1 heterocycles. The molecule has 0 bridgehead atoms. The first kappa shape index (κ1) is 17.2. The molecule has 0 aliphatic carbocycles. The molecule has 0 aliphatic rings. The van der Waals surface area contributed by atoms with Gasteiger partial charge in [0.25, 0.3) is 0 Å². The van der Waals surface area contributed by atoms with E-state index in [1.807, 2.05) is 67.7 Å². The normalized spacial score (nSPS) is 11.8. The fraction of sp³-hybridized carbons (Fsp3) is 0.150. The highest BCUT2D eigenvalue weighted by atomic mass is 32.2. The number of nitrogens with one attached hydrogen (secondary N) is 1. The van der Waals surface area contributed by atoms with E-state index in [0.29, 0.717) is 5.82 Å². The molecule has 126 valence electrons. The molecule has 1 atom stereocenters. The molecule has 5 heteroatoms. The van der Waals surface area contributed by atoms with Gasteiger partial charge in [-0.1, -0.05) is 79.0 Å². The molecule has 25 heavy (non-hydrogen) atoms. The molecule has 0 saturated heterocycles. The van der Waals surface area contributed by atoms with Gasteiger partial charge < -0.3 is 5.32 Å². The second kappa shape index (κ2) is 7.94. The van der Waals surface area contributed by atoms with Crippen LogP contribution in [0.3, 0.4) is 0 Å². The highest BCUT2D eigenvalue weighted by molar-refractivity contribution is 8.00. The Morgan fingerprint density at radius 3 is 2.16 bits per heavy atom. The molecule has 3 aromatic rings. The zero-order chi connectivity index (χ0) is 17.6. The van der Waals surface area contributed by atoms with Crippen LogP contribution in [0.15, 0.2) is 78.0 Å². The zero-order valence-electron chi connectivity index (χ0n) is 14.3. The van der Waals surface area contributed by atoms with Crippen LogP contribution >= 0.6 is 11.8 Å². The first-order valence-electron chi connectivity index (χ1n) is 8.08. The number of rotatable bonds is 6. The topological polar surface area (TPSA) is 50.7 Å². The van der Waals surface area contributed by atoms with Crippen molar-refractivity contribution in [2.75, 3.05) is 7.05 Å².